The predicted molar refractivity (Wildman–Crippen MR) is 62.5 cm³/mol. The summed E-state index contributed by atoms with van der Waals surface area (Å²) in [5.41, 5.74) is 1.23. The first-order valence-corrected chi connectivity index (χ1v) is 5.52. The summed E-state index contributed by atoms with van der Waals surface area (Å²) in [5, 5.41) is 0. The molecule has 5 nitrogen and oxygen atoms in total. The van der Waals surface area contributed by atoms with Crippen molar-refractivity contribution in [2.45, 2.75) is 6.61 Å². The third-order valence-electron chi connectivity index (χ3n) is 2.65. The number of para-hydroxylation sites is 1. The second-order valence-corrected chi connectivity index (χ2v) is 3.81. The van der Waals surface area contributed by atoms with E-state index in [9.17, 15) is 4.79 Å². The van der Waals surface area contributed by atoms with Crippen molar-refractivity contribution in [1.82, 2.24) is 4.98 Å². The summed E-state index contributed by atoms with van der Waals surface area (Å²) in [7, 11) is 0. The molecule has 0 atom stereocenters. The lowest BCUT2D eigenvalue weighted by atomic mass is 10.2. The van der Waals surface area contributed by atoms with Crippen molar-refractivity contribution in [1.29, 1.82) is 0 Å². The van der Waals surface area contributed by atoms with E-state index in [4.69, 9.17) is 14.2 Å². The monoisotopic (exact) mass is 245 g/mol. The lowest BCUT2D eigenvalue weighted by molar-refractivity contribution is 0.0463. The summed E-state index contributed by atoms with van der Waals surface area (Å²) in [4.78, 5) is 14.4. The molecule has 1 aliphatic heterocycles. The van der Waals surface area contributed by atoms with E-state index in [1.165, 1.54) is 0 Å². The Hall–Kier alpha value is -2.43. The summed E-state index contributed by atoms with van der Waals surface area (Å²) in [6, 6.07) is 8.91. The first kappa shape index (κ1) is 10.7. The number of hydrogen-bond acceptors (Lipinski definition) is 4. The van der Waals surface area contributed by atoms with Crippen molar-refractivity contribution in [2.24, 2.45) is 0 Å². The van der Waals surface area contributed by atoms with Gasteiger partial charge < -0.3 is 19.2 Å². The van der Waals surface area contributed by atoms with Crippen LogP contribution >= 0.6 is 0 Å². The lowest BCUT2D eigenvalue weighted by Crippen LogP contribution is -2.06. The maximum Gasteiger partial charge on any atom is 0.355 e. The standard InChI is InChI=1S/C13H11NO4/c15-13(10-4-2-6-14-10)16-7-9-3-1-5-11-12(9)18-8-17-11/h1-6,14H,7-8H2. The number of fused-ring (bicyclic) bond motifs is 1. The lowest BCUT2D eigenvalue weighted by Gasteiger charge is -2.06. The van der Waals surface area contributed by atoms with Gasteiger partial charge in [-0.05, 0) is 18.2 Å². The summed E-state index contributed by atoms with van der Waals surface area (Å²) < 4.78 is 15.8. The van der Waals surface area contributed by atoms with E-state index in [-0.39, 0.29) is 13.4 Å². The second kappa shape index (κ2) is 4.44. The minimum absolute atomic E-state index is 0.157. The predicted octanol–water partition coefficient (Wildman–Crippen LogP) is 2.10. The molecule has 1 aromatic carbocycles. The van der Waals surface area contributed by atoms with Gasteiger partial charge in [0.2, 0.25) is 6.79 Å². The molecule has 0 aliphatic carbocycles. The van der Waals surface area contributed by atoms with Crippen LogP contribution in [-0.2, 0) is 11.3 Å². The Labute approximate surface area is 103 Å². The molecule has 0 fully saturated rings. The molecule has 18 heavy (non-hydrogen) atoms. The molecule has 0 bridgehead atoms. The number of ether oxygens (including phenoxy) is 3. The molecule has 2 aromatic rings. The maximum atomic E-state index is 11.7. The second-order valence-electron chi connectivity index (χ2n) is 3.81. The molecular formula is C13H11NO4. The average Bonchev–Trinajstić information content (AvgIpc) is 3.05. The highest BCUT2D eigenvalue weighted by atomic mass is 16.7. The summed E-state index contributed by atoms with van der Waals surface area (Å²) in [6.07, 6.45) is 1.67. The van der Waals surface area contributed by atoms with Crippen LogP contribution in [0.2, 0.25) is 0 Å². The zero-order valence-corrected chi connectivity index (χ0v) is 9.51. The first-order valence-electron chi connectivity index (χ1n) is 5.52. The fourth-order valence-electron chi connectivity index (χ4n) is 1.78. The number of rotatable bonds is 3. The molecular weight excluding hydrogens is 234 g/mol. The molecule has 0 unspecified atom stereocenters. The van der Waals surface area contributed by atoms with Crippen LogP contribution in [0, 0.1) is 0 Å². The smallest absolute Gasteiger partial charge is 0.355 e. The molecule has 2 heterocycles. The Morgan fingerprint density at radius 3 is 3.06 bits per heavy atom. The number of nitrogens with one attached hydrogen (secondary N) is 1. The van der Waals surface area contributed by atoms with Crippen molar-refractivity contribution in [3.8, 4) is 11.5 Å². The highest BCUT2D eigenvalue weighted by Crippen LogP contribution is 2.35. The van der Waals surface area contributed by atoms with Gasteiger partial charge in [-0.1, -0.05) is 12.1 Å². The number of aromatic amines is 1. The third kappa shape index (κ3) is 1.90. The molecule has 5 heteroatoms. The topological polar surface area (TPSA) is 60.6 Å². The summed E-state index contributed by atoms with van der Waals surface area (Å²) >= 11 is 0. The van der Waals surface area contributed by atoms with Crippen LogP contribution in [0.3, 0.4) is 0 Å². The van der Waals surface area contributed by atoms with E-state index in [2.05, 4.69) is 4.98 Å². The van der Waals surface area contributed by atoms with E-state index in [0.29, 0.717) is 17.2 Å². The van der Waals surface area contributed by atoms with E-state index in [1.807, 2.05) is 18.2 Å². The van der Waals surface area contributed by atoms with Crippen LogP contribution < -0.4 is 9.47 Å². The molecule has 0 spiro atoms. The summed E-state index contributed by atoms with van der Waals surface area (Å²) in [5.74, 6) is 0.941. The van der Waals surface area contributed by atoms with Gasteiger partial charge in [0.05, 0.1) is 0 Å². The SMILES string of the molecule is O=C(OCc1cccc2c1OCO2)c1ccc[nH]1. The van der Waals surface area contributed by atoms with Gasteiger partial charge in [-0.15, -0.1) is 0 Å². The van der Waals surface area contributed by atoms with Gasteiger partial charge in [-0.3, -0.25) is 0 Å². The zero-order chi connectivity index (χ0) is 12.4. The third-order valence-corrected chi connectivity index (χ3v) is 2.65. The molecule has 0 radical (unpaired) electrons. The number of benzene rings is 1. The van der Waals surface area contributed by atoms with Crippen LogP contribution in [0.1, 0.15) is 16.1 Å². The first-order chi connectivity index (χ1) is 8.84. The van der Waals surface area contributed by atoms with Gasteiger partial charge in [-0.25, -0.2) is 4.79 Å². The van der Waals surface area contributed by atoms with E-state index < -0.39 is 5.97 Å². The Kier molecular flexibility index (Phi) is 2.64. The number of carbonyl (C=O) groups is 1. The number of carbonyl (C=O) groups excluding carboxylic acids is 1. The Bertz CT molecular complexity index is 562. The number of hydrogen-bond donors (Lipinski definition) is 1. The van der Waals surface area contributed by atoms with Gasteiger partial charge in [0.15, 0.2) is 11.5 Å². The van der Waals surface area contributed by atoms with E-state index >= 15 is 0 Å². The van der Waals surface area contributed by atoms with E-state index in [1.54, 1.807) is 18.3 Å². The van der Waals surface area contributed by atoms with Crippen molar-refractivity contribution >= 4 is 5.97 Å². The van der Waals surface area contributed by atoms with Crippen LogP contribution in [-0.4, -0.2) is 17.7 Å². The summed E-state index contributed by atoms with van der Waals surface area (Å²) in [6.45, 7) is 0.362. The molecule has 1 aromatic heterocycles. The number of aromatic nitrogens is 1. The highest BCUT2D eigenvalue weighted by Gasteiger charge is 2.18. The van der Waals surface area contributed by atoms with Crippen LogP contribution in [0.25, 0.3) is 0 Å². The van der Waals surface area contributed by atoms with E-state index in [0.717, 1.165) is 5.56 Å². The van der Waals surface area contributed by atoms with Crippen molar-refractivity contribution in [3.63, 3.8) is 0 Å². The largest absolute Gasteiger partial charge is 0.456 e. The van der Waals surface area contributed by atoms with Crippen LogP contribution in [0.5, 0.6) is 11.5 Å². The molecule has 0 saturated heterocycles. The molecule has 1 aliphatic rings. The van der Waals surface area contributed by atoms with Crippen LogP contribution in [0.15, 0.2) is 36.5 Å². The van der Waals surface area contributed by atoms with Gasteiger partial charge >= 0.3 is 5.97 Å². The molecule has 0 saturated carbocycles. The van der Waals surface area contributed by atoms with Gasteiger partial charge in [0.25, 0.3) is 0 Å². The Morgan fingerprint density at radius 2 is 2.22 bits per heavy atom. The average molecular weight is 245 g/mol. The molecule has 3 rings (SSSR count). The van der Waals surface area contributed by atoms with Gasteiger partial charge in [0, 0.05) is 11.8 Å². The van der Waals surface area contributed by atoms with Gasteiger partial charge in [0.1, 0.15) is 12.3 Å². The van der Waals surface area contributed by atoms with Crippen LogP contribution in [0.4, 0.5) is 0 Å². The minimum Gasteiger partial charge on any atom is -0.456 e. The molecule has 92 valence electrons. The van der Waals surface area contributed by atoms with Crippen molar-refractivity contribution in [3.05, 3.63) is 47.8 Å². The van der Waals surface area contributed by atoms with Crippen molar-refractivity contribution < 1.29 is 19.0 Å². The molecule has 0 amide bonds. The minimum atomic E-state index is -0.392. The fourth-order valence-corrected chi connectivity index (χ4v) is 1.78. The Morgan fingerprint density at radius 1 is 1.28 bits per heavy atom. The quantitative estimate of drug-likeness (QED) is 0.841. The Balaban J connectivity index is 1.71. The maximum absolute atomic E-state index is 11.7. The number of esters is 1. The van der Waals surface area contributed by atoms with Crippen molar-refractivity contribution in [2.75, 3.05) is 6.79 Å². The number of H-pyrrole nitrogens is 1. The normalized spacial score (nSPS) is 12.4. The zero-order valence-electron chi connectivity index (χ0n) is 9.51. The highest BCUT2D eigenvalue weighted by molar-refractivity contribution is 5.87. The van der Waals surface area contributed by atoms with Gasteiger partial charge in [-0.2, -0.15) is 0 Å². The molecule has 1 N–H and O–H groups in total. The fraction of sp³-hybridized carbons (Fsp3) is 0.154.